The fraction of sp³-hybridized carbons (Fsp3) is 0.400. The fourth-order valence-corrected chi connectivity index (χ4v) is 2.24. The molecular weight excluding hydrogens is 268 g/mol. The zero-order valence-electron chi connectivity index (χ0n) is 12.5. The molecule has 0 spiro atoms. The molecule has 1 atom stereocenters. The maximum atomic E-state index is 12.8. The molecule has 0 radical (unpaired) electrons. The van der Waals surface area contributed by atoms with Gasteiger partial charge in [-0.2, -0.15) is 15.0 Å². The van der Waals surface area contributed by atoms with Crippen LogP contribution in [0.3, 0.4) is 0 Å². The zero-order chi connectivity index (χ0) is 15.4. The van der Waals surface area contributed by atoms with Crippen LogP contribution >= 0.6 is 0 Å². The van der Waals surface area contributed by atoms with E-state index in [0.29, 0.717) is 17.8 Å². The average molecular weight is 288 g/mol. The third-order valence-corrected chi connectivity index (χ3v) is 3.41. The van der Waals surface area contributed by atoms with E-state index in [1.807, 2.05) is 39.0 Å². The SMILES string of the molecule is CCN(C(=O)c1cc(C)ccc1-n1nccn1)[C@@H](C)CO. The standard InChI is InChI=1S/C15H20N4O2/c1-4-18(12(3)10-20)15(21)13-9-11(2)5-6-14(13)19-16-7-8-17-19/h5-9,12,20H,4,10H2,1-3H3/t12-/m0/s1. The molecule has 1 aromatic heterocycles. The molecule has 0 aliphatic heterocycles. The van der Waals surface area contributed by atoms with Crippen molar-refractivity contribution in [2.75, 3.05) is 13.2 Å². The first-order valence-electron chi connectivity index (χ1n) is 6.97. The highest BCUT2D eigenvalue weighted by Gasteiger charge is 2.23. The number of aryl methyl sites for hydroxylation is 1. The Labute approximate surface area is 124 Å². The first kappa shape index (κ1) is 15.2. The number of likely N-dealkylation sites (N-methyl/N-ethyl adjacent to an activating group) is 1. The molecule has 0 aliphatic carbocycles. The predicted molar refractivity (Wildman–Crippen MR) is 79.4 cm³/mol. The number of aromatic nitrogens is 3. The number of hydrogen-bond acceptors (Lipinski definition) is 4. The predicted octanol–water partition coefficient (Wildman–Crippen LogP) is 1.42. The van der Waals surface area contributed by atoms with Crippen molar-refractivity contribution in [2.24, 2.45) is 0 Å². The van der Waals surface area contributed by atoms with Gasteiger partial charge in [0.15, 0.2) is 0 Å². The van der Waals surface area contributed by atoms with Crippen molar-refractivity contribution >= 4 is 5.91 Å². The summed E-state index contributed by atoms with van der Waals surface area (Å²) < 4.78 is 0. The summed E-state index contributed by atoms with van der Waals surface area (Å²) in [7, 11) is 0. The van der Waals surface area contributed by atoms with Crippen molar-refractivity contribution in [1.82, 2.24) is 19.9 Å². The molecule has 0 aliphatic rings. The Bertz CT molecular complexity index is 610. The van der Waals surface area contributed by atoms with E-state index in [2.05, 4.69) is 10.2 Å². The first-order valence-corrected chi connectivity index (χ1v) is 6.97. The second-order valence-electron chi connectivity index (χ2n) is 4.96. The van der Waals surface area contributed by atoms with Gasteiger partial charge >= 0.3 is 0 Å². The molecule has 112 valence electrons. The summed E-state index contributed by atoms with van der Waals surface area (Å²) in [6, 6.07) is 5.34. The van der Waals surface area contributed by atoms with Crippen LogP contribution in [-0.4, -0.2) is 50.1 Å². The van der Waals surface area contributed by atoms with Gasteiger partial charge in [-0.05, 0) is 32.9 Å². The van der Waals surface area contributed by atoms with E-state index >= 15 is 0 Å². The Balaban J connectivity index is 2.47. The highest BCUT2D eigenvalue weighted by atomic mass is 16.3. The molecular formula is C15H20N4O2. The minimum Gasteiger partial charge on any atom is -0.394 e. The van der Waals surface area contributed by atoms with Gasteiger partial charge in [-0.3, -0.25) is 4.79 Å². The van der Waals surface area contributed by atoms with Gasteiger partial charge in [0.2, 0.25) is 0 Å². The number of aliphatic hydroxyl groups excluding tert-OH is 1. The van der Waals surface area contributed by atoms with Crippen LogP contribution in [0.5, 0.6) is 0 Å². The molecule has 1 heterocycles. The van der Waals surface area contributed by atoms with E-state index in [4.69, 9.17) is 0 Å². The van der Waals surface area contributed by atoms with Gasteiger partial charge in [0, 0.05) is 6.54 Å². The maximum absolute atomic E-state index is 12.8. The smallest absolute Gasteiger partial charge is 0.256 e. The highest BCUT2D eigenvalue weighted by Crippen LogP contribution is 2.18. The number of amides is 1. The summed E-state index contributed by atoms with van der Waals surface area (Å²) in [6.07, 6.45) is 3.14. The summed E-state index contributed by atoms with van der Waals surface area (Å²) in [5.41, 5.74) is 2.16. The van der Waals surface area contributed by atoms with Gasteiger partial charge in [0.05, 0.1) is 36.3 Å². The van der Waals surface area contributed by atoms with Gasteiger partial charge in [-0.25, -0.2) is 0 Å². The van der Waals surface area contributed by atoms with E-state index in [1.54, 1.807) is 17.3 Å². The lowest BCUT2D eigenvalue weighted by Gasteiger charge is -2.27. The normalized spacial score (nSPS) is 12.2. The lowest BCUT2D eigenvalue weighted by molar-refractivity contribution is 0.0632. The summed E-state index contributed by atoms with van der Waals surface area (Å²) in [4.78, 5) is 15.9. The molecule has 0 unspecified atom stereocenters. The number of hydrogen-bond donors (Lipinski definition) is 1. The van der Waals surface area contributed by atoms with Crippen LogP contribution in [0.25, 0.3) is 5.69 Å². The molecule has 1 aromatic carbocycles. The molecule has 21 heavy (non-hydrogen) atoms. The Morgan fingerprint density at radius 3 is 2.62 bits per heavy atom. The van der Waals surface area contributed by atoms with Gasteiger partial charge < -0.3 is 10.0 Å². The first-order chi connectivity index (χ1) is 10.1. The van der Waals surface area contributed by atoms with Crippen LogP contribution in [0, 0.1) is 6.92 Å². The van der Waals surface area contributed by atoms with Gasteiger partial charge in [0.1, 0.15) is 0 Å². The molecule has 0 fully saturated rings. The van der Waals surface area contributed by atoms with Crippen molar-refractivity contribution in [1.29, 1.82) is 0 Å². The van der Waals surface area contributed by atoms with Gasteiger partial charge in [0.25, 0.3) is 5.91 Å². The van der Waals surface area contributed by atoms with Crippen LogP contribution in [0.4, 0.5) is 0 Å². The van der Waals surface area contributed by atoms with E-state index in [-0.39, 0.29) is 18.6 Å². The largest absolute Gasteiger partial charge is 0.394 e. The lowest BCUT2D eigenvalue weighted by Crippen LogP contribution is -2.41. The fourth-order valence-electron chi connectivity index (χ4n) is 2.24. The monoisotopic (exact) mass is 288 g/mol. The van der Waals surface area contributed by atoms with Crippen molar-refractivity contribution in [3.8, 4) is 5.69 Å². The molecule has 2 aromatic rings. The zero-order valence-corrected chi connectivity index (χ0v) is 12.5. The van der Waals surface area contributed by atoms with E-state index < -0.39 is 0 Å². The Hall–Kier alpha value is -2.21. The number of nitrogens with zero attached hydrogens (tertiary/aromatic N) is 4. The number of carbonyl (C=O) groups excluding carboxylic acids is 1. The lowest BCUT2D eigenvalue weighted by atomic mass is 10.1. The van der Waals surface area contributed by atoms with Crippen LogP contribution in [0.1, 0.15) is 29.8 Å². The molecule has 1 N–H and O–H groups in total. The Morgan fingerprint density at radius 2 is 2.05 bits per heavy atom. The van der Waals surface area contributed by atoms with E-state index in [1.165, 1.54) is 4.80 Å². The molecule has 0 saturated heterocycles. The van der Waals surface area contributed by atoms with Crippen molar-refractivity contribution < 1.29 is 9.90 Å². The van der Waals surface area contributed by atoms with Gasteiger partial charge in [-0.15, -0.1) is 0 Å². The summed E-state index contributed by atoms with van der Waals surface area (Å²) in [5.74, 6) is -0.130. The summed E-state index contributed by atoms with van der Waals surface area (Å²) in [6.45, 7) is 6.11. The second-order valence-corrected chi connectivity index (χ2v) is 4.96. The molecule has 2 rings (SSSR count). The van der Waals surface area contributed by atoms with Crippen molar-refractivity contribution in [2.45, 2.75) is 26.8 Å². The number of carbonyl (C=O) groups is 1. The van der Waals surface area contributed by atoms with Crippen molar-refractivity contribution in [3.63, 3.8) is 0 Å². The number of benzene rings is 1. The topological polar surface area (TPSA) is 71.2 Å². The minimum absolute atomic E-state index is 0.0687. The summed E-state index contributed by atoms with van der Waals surface area (Å²) in [5, 5.41) is 17.5. The van der Waals surface area contributed by atoms with Gasteiger partial charge in [-0.1, -0.05) is 11.6 Å². The molecule has 6 nitrogen and oxygen atoms in total. The van der Waals surface area contributed by atoms with Crippen LogP contribution in [-0.2, 0) is 0 Å². The van der Waals surface area contributed by atoms with Crippen LogP contribution in [0.2, 0.25) is 0 Å². The van der Waals surface area contributed by atoms with Crippen molar-refractivity contribution in [3.05, 3.63) is 41.7 Å². The minimum atomic E-state index is -0.235. The maximum Gasteiger partial charge on any atom is 0.256 e. The molecule has 0 bridgehead atoms. The quantitative estimate of drug-likeness (QED) is 0.903. The van der Waals surface area contributed by atoms with E-state index in [0.717, 1.165) is 5.56 Å². The average Bonchev–Trinajstić information content (AvgIpc) is 3.01. The summed E-state index contributed by atoms with van der Waals surface area (Å²) >= 11 is 0. The van der Waals surface area contributed by atoms with Crippen LogP contribution in [0.15, 0.2) is 30.6 Å². The Kier molecular flexibility index (Phi) is 4.70. The third-order valence-electron chi connectivity index (χ3n) is 3.41. The molecule has 0 saturated carbocycles. The molecule has 1 amide bonds. The van der Waals surface area contributed by atoms with Crippen LogP contribution < -0.4 is 0 Å². The molecule has 6 heteroatoms. The van der Waals surface area contributed by atoms with E-state index in [9.17, 15) is 9.90 Å². The number of rotatable bonds is 5. The number of aliphatic hydroxyl groups is 1. The Morgan fingerprint density at radius 1 is 1.38 bits per heavy atom. The second kappa shape index (κ2) is 6.49. The highest BCUT2D eigenvalue weighted by molar-refractivity contribution is 5.98. The third kappa shape index (κ3) is 3.11.